The zero-order valence-electron chi connectivity index (χ0n) is 20.0. The van der Waals surface area contributed by atoms with Gasteiger partial charge in [0.1, 0.15) is 23.4 Å². The van der Waals surface area contributed by atoms with Crippen molar-refractivity contribution in [3.63, 3.8) is 0 Å². The molecule has 0 radical (unpaired) electrons. The van der Waals surface area contributed by atoms with Gasteiger partial charge in [0.05, 0.1) is 28.4 Å². The number of pyridine rings is 1. The van der Waals surface area contributed by atoms with Gasteiger partial charge in [-0.3, -0.25) is 4.79 Å². The van der Waals surface area contributed by atoms with E-state index in [1.807, 2.05) is 18.0 Å². The number of hydrogen-bond acceptors (Lipinski definition) is 8. The fourth-order valence-electron chi connectivity index (χ4n) is 4.51. The van der Waals surface area contributed by atoms with Crippen LogP contribution in [0.1, 0.15) is 33.0 Å². The largest absolute Gasteiger partial charge is 0.462 e. The zero-order valence-corrected chi connectivity index (χ0v) is 20.8. The minimum Gasteiger partial charge on any atom is -0.462 e. The molecule has 0 spiro atoms. The molecule has 10 heteroatoms. The molecule has 3 aromatic rings. The molecule has 0 N–H and O–H groups in total. The van der Waals surface area contributed by atoms with Crippen molar-refractivity contribution in [1.29, 1.82) is 0 Å². The lowest BCUT2D eigenvalue weighted by atomic mass is 10.1. The van der Waals surface area contributed by atoms with Gasteiger partial charge in [0, 0.05) is 31.6 Å². The SMILES string of the molecule is CCOC(=O)c1c2n(c3cc(N4CCN(C)CC4)c(F)cc3c1=O)C(COC(=O)c1ccccc1)S2. The highest BCUT2D eigenvalue weighted by atomic mass is 32.2. The highest BCUT2D eigenvalue weighted by molar-refractivity contribution is 8.00. The predicted octanol–water partition coefficient (Wildman–Crippen LogP) is 3.53. The summed E-state index contributed by atoms with van der Waals surface area (Å²) in [6.45, 7) is 4.69. The van der Waals surface area contributed by atoms with Crippen molar-refractivity contribution in [1.82, 2.24) is 9.47 Å². The molecule has 0 aliphatic carbocycles. The van der Waals surface area contributed by atoms with Crippen LogP contribution in [0.2, 0.25) is 0 Å². The van der Waals surface area contributed by atoms with Crippen LogP contribution in [0.3, 0.4) is 0 Å². The lowest BCUT2D eigenvalue weighted by Gasteiger charge is -2.37. The summed E-state index contributed by atoms with van der Waals surface area (Å²) in [6.07, 6.45) is 0. The van der Waals surface area contributed by atoms with Gasteiger partial charge in [-0.2, -0.15) is 0 Å². The van der Waals surface area contributed by atoms with Gasteiger partial charge in [-0.15, -0.1) is 0 Å². The average molecular weight is 512 g/mol. The summed E-state index contributed by atoms with van der Waals surface area (Å²) in [7, 11) is 2.02. The maximum atomic E-state index is 15.3. The van der Waals surface area contributed by atoms with Gasteiger partial charge in [0.25, 0.3) is 0 Å². The first-order valence-corrected chi connectivity index (χ1v) is 12.7. The Morgan fingerprint density at radius 3 is 2.47 bits per heavy atom. The number of likely N-dealkylation sites (N-methyl/N-ethyl adjacent to an activating group) is 1. The Labute approximate surface area is 211 Å². The number of nitrogens with zero attached hydrogens (tertiary/aromatic N) is 3. The van der Waals surface area contributed by atoms with Crippen molar-refractivity contribution in [2.24, 2.45) is 0 Å². The fraction of sp³-hybridized carbons (Fsp3) is 0.346. The van der Waals surface area contributed by atoms with Crippen LogP contribution in [0, 0.1) is 5.82 Å². The maximum Gasteiger partial charge on any atom is 0.344 e. The summed E-state index contributed by atoms with van der Waals surface area (Å²) in [4.78, 5) is 42.6. The topological polar surface area (TPSA) is 81.1 Å². The second-order valence-electron chi connectivity index (χ2n) is 8.75. The standard InChI is InChI=1S/C26H26FN3O5S/c1-3-34-26(33)22-23(31)17-13-18(27)20(29-11-9-28(2)10-12-29)14-19(17)30-21(36-24(22)30)15-35-25(32)16-7-5-4-6-8-16/h4-8,13-14,21H,3,9-12,15H2,1-2H3. The number of piperazine rings is 1. The number of fused-ring (bicyclic) bond motifs is 3. The Bertz CT molecular complexity index is 1390. The summed E-state index contributed by atoms with van der Waals surface area (Å²) in [6, 6.07) is 11.5. The molecule has 188 valence electrons. The molecule has 5 rings (SSSR count). The van der Waals surface area contributed by atoms with Crippen LogP contribution in [0.25, 0.3) is 10.9 Å². The van der Waals surface area contributed by atoms with Crippen molar-refractivity contribution in [2.45, 2.75) is 17.3 Å². The lowest BCUT2D eigenvalue weighted by Crippen LogP contribution is -2.44. The van der Waals surface area contributed by atoms with Crippen LogP contribution in [0.4, 0.5) is 10.1 Å². The highest BCUT2D eigenvalue weighted by Gasteiger charge is 2.37. The van der Waals surface area contributed by atoms with E-state index >= 15 is 4.39 Å². The Morgan fingerprint density at radius 2 is 1.78 bits per heavy atom. The molecule has 8 nitrogen and oxygen atoms in total. The molecule has 1 saturated heterocycles. The molecule has 2 aliphatic heterocycles. The summed E-state index contributed by atoms with van der Waals surface area (Å²) in [5.41, 5.74) is 0.652. The first-order valence-electron chi connectivity index (χ1n) is 11.8. The summed E-state index contributed by atoms with van der Waals surface area (Å²) in [5, 5.41) is 0.147. The molecule has 1 aromatic heterocycles. The number of benzene rings is 2. The third kappa shape index (κ3) is 4.35. The molecule has 2 aliphatic rings. The second-order valence-corrected chi connectivity index (χ2v) is 9.91. The van der Waals surface area contributed by atoms with Crippen molar-refractivity contribution in [2.75, 3.05) is 51.3 Å². The van der Waals surface area contributed by atoms with Crippen LogP contribution in [-0.2, 0) is 9.47 Å². The number of ether oxygens (including phenoxy) is 2. The quantitative estimate of drug-likeness (QED) is 0.465. The van der Waals surface area contributed by atoms with Crippen LogP contribution in [0.5, 0.6) is 0 Å². The van der Waals surface area contributed by atoms with Crippen LogP contribution < -0.4 is 10.3 Å². The van der Waals surface area contributed by atoms with Gasteiger partial charge >= 0.3 is 11.9 Å². The van der Waals surface area contributed by atoms with Gasteiger partial charge in [-0.05, 0) is 38.2 Å². The monoisotopic (exact) mass is 511 g/mol. The summed E-state index contributed by atoms with van der Waals surface area (Å²) in [5.74, 6) is -1.73. The molecule has 1 atom stereocenters. The fourth-order valence-corrected chi connectivity index (χ4v) is 5.70. The van der Waals surface area contributed by atoms with E-state index in [1.165, 1.54) is 17.8 Å². The van der Waals surface area contributed by atoms with Gasteiger partial charge in [-0.25, -0.2) is 14.0 Å². The van der Waals surface area contributed by atoms with Crippen molar-refractivity contribution in [3.8, 4) is 0 Å². The molecule has 2 aromatic carbocycles. The second kappa shape index (κ2) is 9.94. The minimum absolute atomic E-state index is 0.0207. The highest BCUT2D eigenvalue weighted by Crippen LogP contribution is 2.47. The van der Waals surface area contributed by atoms with E-state index in [-0.39, 0.29) is 29.5 Å². The number of halogens is 1. The molecular formula is C26H26FN3O5S. The predicted molar refractivity (Wildman–Crippen MR) is 135 cm³/mol. The number of aromatic nitrogens is 1. The minimum atomic E-state index is -0.746. The Kier molecular flexibility index (Phi) is 6.72. The van der Waals surface area contributed by atoms with E-state index < -0.39 is 23.2 Å². The number of carbonyl (C=O) groups is 2. The van der Waals surface area contributed by atoms with Crippen molar-refractivity contribution >= 4 is 40.3 Å². The molecule has 1 fully saturated rings. The van der Waals surface area contributed by atoms with Gasteiger partial charge < -0.3 is 23.8 Å². The Balaban J connectivity index is 1.55. The lowest BCUT2D eigenvalue weighted by molar-refractivity contribution is 0.0468. The van der Waals surface area contributed by atoms with Gasteiger partial charge in [0.2, 0.25) is 5.43 Å². The number of anilines is 1. The molecule has 1 unspecified atom stereocenters. The summed E-state index contributed by atoms with van der Waals surface area (Å²) < 4.78 is 27.7. The summed E-state index contributed by atoms with van der Waals surface area (Å²) >= 11 is 1.26. The van der Waals surface area contributed by atoms with Crippen molar-refractivity contribution < 1.29 is 23.5 Å². The third-order valence-corrected chi connectivity index (χ3v) is 7.70. The zero-order chi connectivity index (χ0) is 25.4. The van der Waals surface area contributed by atoms with Gasteiger partial charge in [0.15, 0.2) is 0 Å². The average Bonchev–Trinajstić information content (AvgIpc) is 2.86. The Morgan fingerprint density at radius 1 is 1.06 bits per heavy atom. The Hall–Kier alpha value is -3.37. The number of thioether (sulfide) groups is 1. The molecular weight excluding hydrogens is 485 g/mol. The normalized spacial score (nSPS) is 17.4. The van der Waals surface area contributed by atoms with E-state index in [1.54, 1.807) is 41.8 Å². The molecule has 0 amide bonds. The van der Waals surface area contributed by atoms with Crippen LogP contribution >= 0.6 is 11.8 Å². The van der Waals surface area contributed by atoms with Gasteiger partial charge in [-0.1, -0.05) is 30.0 Å². The van der Waals surface area contributed by atoms with Crippen LogP contribution in [-0.4, -0.2) is 67.8 Å². The maximum absolute atomic E-state index is 15.3. The molecule has 36 heavy (non-hydrogen) atoms. The number of hydrogen-bond donors (Lipinski definition) is 0. The number of carbonyl (C=O) groups excluding carboxylic acids is 2. The van der Waals surface area contributed by atoms with E-state index in [9.17, 15) is 14.4 Å². The number of esters is 2. The van der Waals surface area contributed by atoms with E-state index in [4.69, 9.17) is 9.47 Å². The molecule has 0 saturated carbocycles. The van der Waals surface area contributed by atoms with E-state index in [0.717, 1.165) is 13.1 Å². The first-order chi connectivity index (χ1) is 17.4. The third-order valence-electron chi connectivity index (χ3n) is 6.45. The number of rotatable bonds is 6. The first kappa shape index (κ1) is 24.3. The molecule has 3 heterocycles. The molecule has 0 bridgehead atoms. The smallest absolute Gasteiger partial charge is 0.344 e. The van der Waals surface area contributed by atoms with E-state index in [0.29, 0.717) is 34.9 Å². The van der Waals surface area contributed by atoms with Crippen LogP contribution in [0.15, 0.2) is 52.3 Å². The van der Waals surface area contributed by atoms with Crippen molar-refractivity contribution in [3.05, 3.63) is 69.6 Å². The van der Waals surface area contributed by atoms with E-state index in [2.05, 4.69) is 4.90 Å².